The number of anilines is 1. The van der Waals surface area contributed by atoms with Crippen LogP contribution in [0.3, 0.4) is 0 Å². The molecule has 1 aliphatic rings. The molecule has 1 saturated heterocycles. The van der Waals surface area contributed by atoms with E-state index in [4.69, 9.17) is 24.3 Å². The fourth-order valence-electron chi connectivity index (χ4n) is 5.83. The average molecular weight is 693 g/mol. The van der Waals surface area contributed by atoms with Crippen molar-refractivity contribution in [1.29, 1.82) is 0 Å². The van der Waals surface area contributed by atoms with Gasteiger partial charge in [0.2, 0.25) is 5.95 Å². The number of aliphatic hydroxyl groups excluding tert-OH is 1. The van der Waals surface area contributed by atoms with E-state index in [1.54, 1.807) is 68.2 Å². The number of aromatic nitrogens is 5. The number of aliphatic hydroxyl groups is 1. The van der Waals surface area contributed by atoms with Crippen LogP contribution in [-0.4, -0.2) is 70.6 Å². The molecule has 0 radical (unpaired) electrons. The summed E-state index contributed by atoms with van der Waals surface area (Å²) >= 11 is 0. The summed E-state index contributed by atoms with van der Waals surface area (Å²) in [7, 11) is -2.40. The smallest absolute Gasteiger partial charge is 0.269 e. The third-order valence-corrected chi connectivity index (χ3v) is 10.0. The normalized spacial score (nSPS) is 15.1. The summed E-state index contributed by atoms with van der Waals surface area (Å²) in [5.74, 6) is 1.34. The highest BCUT2D eigenvalue weighted by molar-refractivity contribution is 7.90. The second kappa shape index (κ2) is 14.2. The van der Waals surface area contributed by atoms with E-state index in [2.05, 4.69) is 20.3 Å². The van der Waals surface area contributed by atoms with Crippen LogP contribution in [0.4, 0.5) is 5.95 Å². The van der Waals surface area contributed by atoms with E-state index >= 15 is 0 Å². The predicted molar refractivity (Wildman–Crippen MR) is 192 cm³/mol. The lowest BCUT2D eigenvalue weighted by Gasteiger charge is -2.23. The Morgan fingerprint density at radius 2 is 1.88 bits per heavy atom. The van der Waals surface area contributed by atoms with Gasteiger partial charge in [-0.2, -0.15) is 4.98 Å². The molecular formula is C37H36N6O6S. The van der Waals surface area contributed by atoms with E-state index in [0.29, 0.717) is 34.7 Å². The molecule has 6 aromatic rings. The molecule has 12 nitrogen and oxygen atoms in total. The Hall–Kier alpha value is -5.37. The van der Waals surface area contributed by atoms with E-state index in [1.807, 2.05) is 37.3 Å². The SMILES string of the molecule is CNc1nc(C=Cc2cncc(OCCO)c2)c2c(-c3ccc4ncc(OC5CCCCO5)cc4c3)cn(S(=O)(=O)c3ccc(C)cc3)c2n1. The first-order chi connectivity index (χ1) is 24.3. The lowest BCUT2D eigenvalue weighted by molar-refractivity contribution is -0.106. The van der Waals surface area contributed by atoms with Gasteiger partial charge in [0.05, 0.1) is 47.1 Å². The van der Waals surface area contributed by atoms with Crippen LogP contribution in [0.15, 0.2) is 84.3 Å². The number of rotatable bonds is 11. The Morgan fingerprint density at radius 3 is 2.66 bits per heavy atom. The number of pyridine rings is 2. The Labute approximate surface area is 289 Å². The van der Waals surface area contributed by atoms with E-state index in [0.717, 1.165) is 46.9 Å². The van der Waals surface area contributed by atoms with Crippen LogP contribution in [-0.2, 0) is 14.8 Å². The molecule has 2 aromatic carbocycles. The summed E-state index contributed by atoms with van der Waals surface area (Å²) in [5, 5.41) is 13.5. The number of aryl methyl sites for hydroxylation is 1. The summed E-state index contributed by atoms with van der Waals surface area (Å²) in [6.45, 7) is 2.59. The van der Waals surface area contributed by atoms with Crippen molar-refractivity contribution in [2.45, 2.75) is 37.4 Å². The Morgan fingerprint density at radius 1 is 1.02 bits per heavy atom. The van der Waals surface area contributed by atoms with Crippen LogP contribution >= 0.6 is 0 Å². The standard InChI is InChI=1S/C37H36N6O6S/c1-24-6-10-30(11-7-24)50(45,46)43-23-31(26-9-13-32-27(18-26)19-29(22-40-32)49-34-5-3-4-15-48-34)35-33(41-37(38-2)42-36(35)43)12-8-25-17-28(21-39-20-25)47-16-14-44/h6-13,17-23,34,44H,3-5,14-16H2,1-2H3,(H,38,41,42). The summed E-state index contributed by atoms with van der Waals surface area (Å²) in [6, 6.07) is 16.2. The van der Waals surface area contributed by atoms with Gasteiger partial charge < -0.3 is 24.6 Å². The summed E-state index contributed by atoms with van der Waals surface area (Å²) < 4.78 is 47.1. The zero-order valence-electron chi connectivity index (χ0n) is 27.6. The minimum atomic E-state index is -4.08. The topological polar surface area (TPSA) is 151 Å². The average Bonchev–Trinajstić information content (AvgIpc) is 3.54. The molecule has 0 amide bonds. The first kappa shape index (κ1) is 33.1. The molecule has 256 valence electrons. The highest BCUT2D eigenvalue weighted by Crippen LogP contribution is 2.37. The van der Waals surface area contributed by atoms with Gasteiger partial charge in [0.15, 0.2) is 11.9 Å². The monoisotopic (exact) mass is 692 g/mol. The van der Waals surface area contributed by atoms with Crippen molar-refractivity contribution in [3.05, 3.63) is 96.2 Å². The molecule has 13 heteroatoms. The first-order valence-electron chi connectivity index (χ1n) is 16.3. The van der Waals surface area contributed by atoms with Crippen LogP contribution in [0.2, 0.25) is 0 Å². The number of hydrogen-bond donors (Lipinski definition) is 2. The number of fused-ring (bicyclic) bond motifs is 2. The van der Waals surface area contributed by atoms with E-state index in [1.165, 1.54) is 3.97 Å². The second-order valence-electron chi connectivity index (χ2n) is 11.9. The lowest BCUT2D eigenvalue weighted by atomic mass is 10.0. The van der Waals surface area contributed by atoms with Crippen molar-refractivity contribution in [2.24, 2.45) is 0 Å². The van der Waals surface area contributed by atoms with Gasteiger partial charge in [0, 0.05) is 36.8 Å². The second-order valence-corrected chi connectivity index (χ2v) is 13.7. The molecule has 2 N–H and O–H groups in total. The molecule has 1 unspecified atom stereocenters. The third kappa shape index (κ3) is 6.88. The van der Waals surface area contributed by atoms with Crippen molar-refractivity contribution in [1.82, 2.24) is 23.9 Å². The van der Waals surface area contributed by atoms with Crippen molar-refractivity contribution in [3.63, 3.8) is 0 Å². The Kier molecular flexibility index (Phi) is 9.44. The van der Waals surface area contributed by atoms with Gasteiger partial charge >= 0.3 is 0 Å². The minimum absolute atomic E-state index is 0.120. The van der Waals surface area contributed by atoms with E-state index in [-0.39, 0.29) is 36.0 Å². The Balaban J connectivity index is 1.39. The van der Waals surface area contributed by atoms with Crippen LogP contribution in [0.25, 0.3) is 45.2 Å². The molecule has 5 heterocycles. The number of hydrogen-bond acceptors (Lipinski definition) is 11. The molecule has 1 atom stereocenters. The van der Waals surface area contributed by atoms with Crippen LogP contribution in [0, 0.1) is 6.92 Å². The zero-order chi connectivity index (χ0) is 34.7. The molecule has 4 aromatic heterocycles. The van der Waals surface area contributed by atoms with E-state index < -0.39 is 10.0 Å². The number of benzene rings is 2. The molecule has 1 aliphatic heterocycles. The number of nitrogens with one attached hydrogen (secondary N) is 1. The van der Waals surface area contributed by atoms with Crippen LogP contribution in [0.5, 0.6) is 11.5 Å². The fraction of sp³-hybridized carbons (Fsp3) is 0.243. The van der Waals surface area contributed by atoms with Crippen molar-refractivity contribution in [2.75, 3.05) is 32.2 Å². The molecule has 0 bridgehead atoms. The molecule has 0 saturated carbocycles. The fourth-order valence-corrected chi connectivity index (χ4v) is 7.14. The predicted octanol–water partition coefficient (Wildman–Crippen LogP) is 6.08. The van der Waals surface area contributed by atoms with Crippen LogP contribution in [0.1, 0.15) is 36.1 Å². The van der Waals surface area contributed by atoms with Gasteiger partial charge in [-0.3, -0.25) is 9.97 Å². The third-order valence-electron chi connectivity index (χ3n) is 8.34. The van der Waals surface area contributed by atoms with Gasteiger partial charge in [0.1, 0.15) is 18.1 Å². The van der Waals surface area contributed by atoms with Crippen molar-refractivity contribution < 1.29 is 27.7 Å². The van der Waals surface area contributed by atoms with Gasteiger partial charge in [-0.15, -0.1) is 0 Å². The molecule has 7 rings (SSSR count). The van der Waals surface area contributed by atoms with Crippen molar-refractivity contribution in [3.8, 4) is 22.6 Å². The summed E-state index contributed by atoms with van der Waals surface area (Å²) in [4.78, 5) is 18.4. The first-order valence-corrected chi connectivity index (χ1v) is 17.7. The maximum Gasteiger partial charge on any atom is 0.269 e. The maximum absolute atomic E-state index is 14.2. The largest absolute Gasteiger partial charge is 0.490 e. The minimum Gasteiger partial charge on any atom is -0.490 e. The lowest BCUT2D eigenvalue weighted by Crippen LogP contribution is -2.24. The number of nitrogens with zero attached hydrogens (tertiary/aromatic N) is 5. The Bertz CT molecular complexity index is 2300. The van der Waals surface area contributed by atoms with Gasteiger partial charge in [-0.1, -0.05) is 29.8 Å². The summed E-state index contributed by atoms with van der Waals surface area (Å²) in [5.41, 5.74) is 4.47. The molecular weight excluding hydrogens is 657 g/mol. The van der Waals surface area contributed by atoms with Crippen LogP contribution < -0.4 is 14.8 Å². The molecule has 0 spiro atoms. The van der Waals surface area contributed by atoms with Gasteiger partial charge in [0.25, 0.3) is 10.0 Å². The van der Waals surface area contributed by atoms with E-state index in [9.17, 15) is 8.42 Å². The quantitative estimate of drug-likeness (QED) is 0.163. The highest BCUT2D eigenvalue weighted by Gasteiger charge is 2.26. The molecule has 1 fully saturated rings. The van der Waals surface area contributed by atoms with Gasteiger partial charge in [-0.05, 0) is 73.4 Å². The highest BCUT2D eigenvalue weighted by atomic mass is 32.2. The maximum atomic E-state index is 14.2. The number of ether oxygens (including phenoxy) is 3. The van der Waals surface area contributed by atoms with Crippen molar-refractivity contribution >= 4 is 50.1 Å². The molecule has 50 heavy (non-hydrogen) atoms. The molecule has 0 aliphatic carbocycles. The van der Waals surface area contributed by atoms with Gasteiger partial charge in [-0.25, -0.2) is 17.4 Å². The summed E-state index contributed by atoms with van der Waals surface area (Å²) in [6.07, 6.45) is 12.7. The zero-order valence-corrected chi connectivity index (χ0v) is 28.4.